The molecule has 56 heavy (non-hydrogen) atoms. The van der Waals surface area contributed by atoms with E-state index in [9.17, 15) is 9.60 Å². The molecule has 0 N–H and O–H groups in total. The summed E-state index contributed by atoms with van der Waals surface area (Å²) in [6, 6.07) is 20.3. The zero-order chi connectivity index (χ0) is 52.7. The highest BCUT2D eigenvalue weighted by molar-refractivity contribution is 6.19. The van der Waals surface area contributed by atoms with Crippen molar-refractivity contribution >= 4 is 71.3 Å². The second-order valence-corrected chi connectivity index (χ2v) is 13.1. The van der Waals surface area contributed by atoms with E-state index in [1.54, 1.807) is 18.2 Å². The van der Waals surface area contributed by atoms with Crippen LogP contribution in [0.15, 0.2) is 216 Å². The van der Waals surface area contributed by atoms with Gasteiger partial charge >= 0.3 is 0 Å². The summed E-state index contributed by atoms with van der Waals surface area (Å²) in [5.74, 6) is 0. The molecule has 0 amide bonds. The Labute approximate surface area is 350 Å². The number of hydrogen-bond acceptors (Lipinski definition) is 2. The van der Waals surface area contributed by atoms with Crippen molar-refractivity contribution in [2.24, 2.45) is 0 Å². The van der Waals surface area contributed by atoms with Crippen LogP contribution in [0.1, 0.15) is 24.7 Å². The molecule has 0 unspecified atom stereocenters. The number of benzene rings is 10. The third kappa shape index (κ3) is 5.42. The molecule has 0 saturated heterocycles. The number of rotatable bonds is 6. The van der Waals surface area contributed by atoms with Gasteiger partial charge in [0.2, 0.25) is 0 Å². The lowest BCUT2D eigenvalue weighted by molar-refractivity contribution is 0.669. The maximum Gasteiger partial charge on any atom is 0.136 e. The molecular weight excluding hydrogens is 679 g/mol. The Morgan fingerprint density at radius 1 is 0.375 bits per heavy atom. The number of nitrogens with zero attached hydrogens (tertiary/aromatic N) is 1. The molecule has 2 nitrogen and oxygen atoms in total. The van der Waals surface area contributed by atoms with Crippen LogP contribution in [0, 0.1) is 0 Å². The van der Waals surface area contributed by atoms with Gasteiger partial charge in [0.15, 0.2) is 0 Å². The molecule has 10 aromatic carbocycles. The number of anilines is 3. The zero-order valence-electron chi connectivity index (χ0n) is 47.2. The van der Waals surface area contributed by atoms with Gasteiger partial charge in [-0.3, -0.25) is 0 Å². The van der Waals surface area contributed by atoms with E-state index in [0.717, 1.165) is 16.2 Å². The minimum atomic E-state index is -0.599. The van der Waals surface area contributed by atoms with Crippen LogP contribution in [-0.4, -0.2) is 0 Å². The van der Waals surface area contributed by atoms with Crippen LogP contribution < -0.4 is 4.90 Å². The molecule has 0 aliphatic carbocycles. The average Bonchev–Trinajstić information content (AvgIpc) is 3.83. The van der Waals surface area contributed by atoms with E-state index in [4.69, 9.17) is 19.5 Å². The predicted molar refractivity (Wildman–Crippen MR) is 237 cm³/mol. The van der Waals surface area contributed by atoms with Crippen LogP contribution in [0.25, 0.3) is 87.6 Å². The van der Waals surface area contributed by atoms with Gasteiger partial charge < -0.3 is 9.32 Å². The molecular formula is C54H35NO. The molecule has 1 heterocycles. The summed E-state index contributed by atoms with van der Waals surface area (Å²) in [5.41, 5.74) is 0.266. The monoisotopic (exact) mass is 731 g/mol. The molecule has 0 radical (unpaired) electrons. The molecule has 0 fully saturated rings. The van der Waals surface area contributed by atoms with Crippen molar-refractivity contribution in [3.63, 3.8) is 0 Å². The normalized spacial score (nSPS) is 16.1. The summed E-state index contributed by atoms with van der Waals surface area (Å²) in [5, 5.41) is 2.66. The number of furan rings is 1. The molecule has 0 spiro atoms. The standard InChI is InChI=1S/C54H35NO/c1-2-11-36(12-3-1)39-14-10-15-45(34-39)55(44-29-23-38(24-30-44)51-35-41-13-4-5-16-46(41)48-17-6-7-18-49(48)51)43-27-21-37(22-28-43)40-25-31-47-42(33-40)26-32-53-54(47)50-19-8-9-20-52(50)56-53/h1-35H/i1D,2D,3D,8D,9D,11D,12D,19D,20D,23D,24D,25D,26D,29D,30D,31D,32D,33D. The average molecular weight is 732 g/mol. The van der Waals surface area contributed by atoms with Crippen LogP contribution in [-0.2, 0) is 0 Å². The Kier molecular flexibility index (Phi) is 4.41. The van der Waals surface area contributed by atoms with Crippen molar-refractivity contribution in [1.82, 2.24) is 0 Å². The van der Waals surface area contributed by atoms with Crippen molar-refractivity contribution < 1.29 is 29.1 Å². The van der Waals surface area contributed by atoms with Crippen molar-refractivity contribution in [3.05, 3.63) is 212 Å². The van der Waals surface area contributed by atoms with E-state index in [0.29, 0.717) is 10.9 Å². The highest BCUT2D eigenvalue weighted by atomic mass is 16.3. The number of para-hydroxylation sites is 1. The van der Waals surface area contributed by atoms with Gasteiger partial charge in [0, 0.05) is 27.8 Å². The summed E-state index contributed by atoms with van der Waals surface area (Å²) in [6.45, 7) is 0. The second kappa shape index (κ2) is 13.2. The van der Waals surface area contributed by atoms with Gasteiger partial charge in [0.25, 0.3) is 0 Å². The van der Waals surface area contributed by atoms with Gasteiger partial charge in [-0.2, -0.15) is 0 Å². The van der Waals surface area contributed by atoms with Crippen LogP contribution >= 0.6 is 0 Å². The number of hydrogen-bond donors (Lipinski definition) is 0. The Balaban J connectivity index is 1.14. The Hall–Kier alpha value is -7.42. The first kappa shape index (κ1) is 18.8. The van der Waals surface area contributed by atoms with Gasteiger partial charge in [-0.05, 0) is 126 Å². The van der Waals surface area contributed by atoms with Gasteiger partial charge in [-0.1, -0.05) is 151 Å². The molecule has 11 aromatic rings. The lowest BCUT2D eigenvalue weighted by Crippen LogP contribution is -2.10. The van der Waals surface area contributed by atoms with Crippen LogP contribution in [0.5, 0.6) is 0 Å². The molecule has 0 saturated carbocycles. The predicted octanol–water partition coefficient (Wildman–Crippen LogP) is 15.5. The van der Waals surface area contributed by atoms with Crippen molar-refractivity contribution in [3.8, 4) is 33.4 Å². The van der Waals surface area contributed by atoms with Crippen LogP contribution in [0.2, 0.25) is 0 Å². The summed E-state index contributed by atoms with van der Waals surface area (Å²) in [7, 11) is 0. The highest BCUT2D eigenvalue weighted by Crippen LogP contribution is 2.41. The second-order valence-electron chi connectivity index (χ2n) is 13.1. The van der Waals surface area contributed by atoms with Crippen LogP contribution in [0.3, 0.4) is 0 Å². The van der Waals surface area contributed by atoms with Crippen LogP contribution in [0.4, 0.5) is 17.1 Å². The van der Waals surface area contributed by atoms with E-state index in [2.05, 4.69) is 0 Å². The smallest absolute Gasteiger partial charge is 0.136 e. The zero-order valence-corrected chi connectivity index (χ0v) is 29.2. The molecule has 0 atom stereocenters. The van der Waals surface area contributed by atoms with Gasteiger partial charge in [-0.15, -0.1) is 0 Å². The molecule has 2 heteroatoms. The highest BCUT2D eigenvalue weighted by Gasteiger charge is 2.16. The summed E-state index contributed by atoms with van der Waals surface area (Å²) < 4.78 is 167. The molecule has 0 aliphatic rings. The Morgan fingerprint density at radius 2 is 1.12 bits per heavy atom. The minimum absolute atomic E-state index is 0.0491. The lowest BCUT2D eigenvalue weighted by Gasteiger charge is -2.26. The summed E-state index contributed by atoms with van der Waals surface area (Å²) in [4.78, 5) is 1.43. The summed E-state index contributed by atoms with van der Waals surface area (Å²) >= 11 is 0. The van der Waals surface area contributed by atoms with Crippen molar-refractivity contribution in [1.29, 1.82) is 0 Å². The summed E-state index contributed by atoms with van der Waals surface area (Å²) in [6.07, 6.45) is 0. The molecule has 11 rings (SSSR count). The van der Waals surface area contributed by atoms with E-state index in [1.165, 1.54) is 35.2 Å². The number of fused-ring (bicyclic) bond motifs is 8. The van der Waals surface area contributed by atoms with E-state index in [1.807, 2.05) is 54.6 Å². The molecule has 262 valence electrons. The first-order chi connectivity index (χ1) is 35.3. The largest absolute Gasteiger partial charge is 0.456 e. The molecule has 0 aliphatic heterocycles. The van der Waals surface area contributed by atoms with Gasteiger partial charge in [0.1, 0.15) is 11.2 Å². The maximum atomic E-state index is 9.69. The van der Waals surface area contributed by atoms with E-state index in [-0.39, 0.29) is 89.7 Å². The first-order valence-electron chi connectivity index (χ1n) is 26.7. The Morgan fingerprint density at radius 3 is 1.98 bits per heavy atom. The lowest BCUT2D eigenvalue weighted by atomic mass is 9.93. The SMILES string of the molecule is [2H]c1c([2H])c([2H])c(-c2cccc(N(c3ccc(-c4c([2H])c([2H])c5c(c4[2H])c([2H])c([2H])c4oc6c([2H])c([2H])c([2H])c([2H])c6c45)cc3)c3c([2H])c([2H])c(-c4cc5ccccc5c5ccccc45)c([2H])c3[2H])c2)c([2H])c1[2H]. The first-order valence-corrected chi connectivity index (χ1v) is 17.7. The Bertz CT molecular complexity index is 4250. The molecule has 1 aromatic heterocycles. The maximum absolute atomic E-state index is 9.69. The van der Waals surface area contributed by atoms with Crippen molar-refractivity contribution in [2.45, 2.75) is 0 Å². The van der Waals surface area contributed by atoms with Gasteiger partial charge in [0.05, 0.1) is 24.7 Å². The van der Waals surface area contributed by atoms with Gasteiger partial charge in [-0.25, -0.2) is 0 Å². The third-order valence-corrected chi connectivity index (χ3v) is 9.88. The third-order valence-electron chi connectivity index (χ3n) is 9.88. The topological polar surface area (TPSA) is 16.4 Å². The fraction of sp³-hybridized carbons (Fsp3) is 0. The quantitative estimate of drug-likeness (QED) is 0.158. The van der Waals surface area contributed by atoms with E-state index >= 15 is 0 Å². The molecule has 0 bridgehead atoms. The fourth-order valence-electron chi connectivity index (χ4n) is 7.29. The van der Waals surface area contributed by atoms with Crippen molar-refractivity contribution in [2.75, 3.05) is 4.90 Å². The minimum Gasteiger partial charge on any atom is -0.456 e. The fourth-order valence-corrected chi connectivity index (χ4v) is 7.29. The van der Waals surface area contributed by atoms with E-state index < -0.39 is 96.7 Å².